The molecule has 5 nitrogen and oxygen atoms in total. The average Bonchev–Trinajstić information content (AvgIpc) is 2.85. The maximum atomic E-state index is 12.2. The molecule has 8 heteroatoms. The van der Waals surface area contributed by atoms with Crippen LogP contribution in [0, 0.1) is 5.92 Å². The van der Waals surface area contributed by atoms with Gasteiger partial charge in [0, 0.05) is 6.04 Å². The van der Waals surface area contributed by atoms with Gasteiger partial charge < -0.3 is 10.2 Å². The maximum absolute atomic E-state index is 12.2. The van der Waals surface area contributed by atoms with E-state index in [2.05, 4.69) is 4.72 Å². The highest BCUT2D eigenvalue weighted by atomic mass is 35.5. The standard InChI is InChI=1S/C12H18ClNO4S2/c13-11-5-6-12(19-11)20(17,18)14-10(7-15)8-1-3-9(16)4-2-8/h5-6,8-10,14-16H,1-4,7H2. The van der Waals surface area contributed by atoms with Gasteiger partial charge >= 0.3 is 0 Å². The van der Waals surface area contributed by atoms with Crippen LogP contribution in [-0.2, 0) is 10.0 Å². The summed E-state index contributed by atoms with van der Waals surface area (Å²) in [5, 5.41) is 18.9. The quantitative estimate of drug-likeness (QED) is 0.760. The SMILES string of the molecule is O=S(=O)(NC(CO)C1CCC(O)CC1)c1ccc(Cl)s1. The van der Waals surface area contributed by atoms with Crippen molar-refractivity contribution in [3.05, 3.63) is 16.5 Å². The van der Waals surface area contributed by atoms with Crippen LogP contribution in [0.25, 0.3) is 0 Å². The smallest absolute Gasteiger partial charge is 0.250 e. The monoisotopic (exact) mass is 339 g/mol. The summed E-state index contributed by atoms with van der Waals surface area (Å²) < 4.78 is 27.5. The minimum Gasteiger partial charge on any atom is -0.395 e. The Labute approximate surface area is 127 Å². The average molecular weight is 340 g/mol. The van der Waals surface area contributed by atoms with Crippen molar-refractivity contribution in [2.45, 2.75) is 42.0 Å². The predicted molar refractivity (Wildman–Crippen MR) is 78.5 cm³/mol. The zero-order chi connectivity index (χ0) is 14.8. The molecule has 1 aromatic heterocycles. The summed E-state index contributed by atoms with van der Waals surface area (Å²) in [4.78, 5) is 0. The third-order valence-electron chi connectivity index (χ3n) is 3.63. The Morgan fingerprint density at radius 2 is 2.00 bits per heavy atom. The first-order valence-electron chi connectivity index (χ1n) is 6.49. The van der Waals surface area contributed by atoms with E-state index in [1.807, 2.05) is 0 Å². The number of aliphatic hydroxyl groups is 2. The second-order valence-electron chi connectivity index (χ2n) is 5.04. The molecule has 1 aliphatic carbocycles. The Morgan fingerprint density at radius 3 is 2.50 bits per heavy atom. The van der Waals surface area contributed by atoms with Crippen molar-refractivity contribution in [1.29, 1.82) is 0 Å². The summed E-state index contributed by atoms with van der Waals surface area (Å²) in [6.07, 6.45) is 2.40. The van der Waals surface area contributed by atoms with Crippen molar-refractivity contribution in [1.82, 2.24) is 4.72 Å². The van der Waals surface area contributed by atoms with Gasteiger partial charge in [0.2, 0.25) is 10.0 Å². The molecule has 0 radical (unpaired) electrons. The summed E-state index contributed by atoms with van der Waals surface area (Å²) >= 11 is 6.74. The highest BCUT2D eigenvalue weighted by molar-refractivity contribution is 7.91. The van der Waals surface area contributed by atoms with E-state index in [0.29, 0.717) is 30.0 Å². The lowest BCUT2D eigenvalue weighted by Gasteiger charge is -2.31. The van der Waals surface area contributed by atoms with Crippen LogP contribution < -0.4 is 4.72 Å². The van der Waals surface area contributed by atoms with Crippen LogP contribution >= 0.6 is 22.9 Å². The van der Waals surface area contributed by atoms with Gasteiger partial charge in [0.15, 0.2) is 0 Å². The zero-order valence-electron chi connectivity index (χ0n) is 10.8. The first-order chi connectivity index (χ1) is 9.42. The van der Waals surface area contributed by atoms with Crippen molar-refractivity contribution >= 4 is 33.0 Å². The molecule has 1 atom stereocenters. The van der Waals surface area contributed by atoms with Crippen LogP contribution in [0.3, 0.4) is 0 Å². The molecular formula is C12H18ClNO4S2. The van der Waals surface area contributed by atoms with Gasteiger partial charge in [-0.15, -0.1) is 11.3 Å². The molecule has 3 N–H and O–H groups in total. The molecule has 1 fully saturated rings. The molecule has 0 spiro atoms. The molecule has 1 saturated carbocycles. The number of nitrogens with one attached hydrogen (secondary N) is 1. The van der Waals surface area contributed by atoms with Crippen LogP contribution in [0.1, 0.15) is 25.7 Å². The van der Waals surface area contributed by atoms with Gasteiger partial charge in [-0.05, 0) is 43.7 Å². The molecular weight excluding hydrogens is 322 g/mol. The lowest BCUT2D eigenvalue weighted by Crippen LogP contribution is -2.44. The van der Waals surface area contributed by atoms with Gasteiger partial charge in [0.1, 0.15) is 4.21 Å². The molecule has 1 heterocycles. The number of thiophene rings is 1. The molecule has 2 rings (SSSR count). The molecule has 0 aliphatic heterocycles. The third kappa shape index (κ3) is 3.93. The predicted octanol–water partition coefficient (Wildman–Crippen LogP) is 1.59. The van der Waals surface area contributed by atoms with E-state index in [1.165, 1.54) is 12.1 Å². The van der Waals surface area contributed by atoms with Gasteiger partial charge in [-0.1, -0.05) is 11.6 Å². The summed E-state index contributed by atoms with van der Waals surface area (Å²) in [5.74, 6) is 0.0496. The molecule has 1 unspecified atom stereocenters. The Morgan fingerprint density at radius 1 is 1.35 bits per heavy atom. The van der Waals surface area contributed by atoms with E-state index in [9.17, 15) is 18.6 Å². The summed E-state index contributed by atoms with van der Waals surface area (Å²) in [5.41, 5.74) is 0. The lowest BCUT2D eigenvalue weighted by molar-refractivity contribution is 0.0892. The Kier molecular flexibility index (Phi) is 5.44. The number of halogens is 1. The summed E-state index contributed by atoms with van der Waals surface area (Å²) in [6, 6.07) is 2.47. The lowest BCUT2D eigenvalue weighted by atomic mass is 9.83. The third-order valence-corrected chi connectivity index (χ3v) is 6.84. The highest BCUT2D eigenvalue weighted by Crippen LogP contribution is 2.29. The number of sulfonamides is 1. The minimum absolute atomic E-state index is 0.0496. The molecule has 1 aromatic rings. The summed E-state index contributed by atoms with van der Waals surface area (Å²) in [6.45, 7) is -0.251. The van der Waals surface area contributed by atoms with E-state index < -0.39 is 16.1 Å². The molecule has 0 bridgehead atoms. The first kappa shape index (κ1) is 16.2. The molecule has 0 saturated heterocycles. The van der Waals surface area contributed by atoms with Crippen molar-refractivity contribution in [3.63, 3.8) is 0 Å². The van der Waals surface area contributed by atoms with Gasteiger partial charge in [0.05, 0.1) is 17.0 Å². The fourth-order valence-electron chi connectivity index (χ4n) is 2.49. The normalized spacial score (nSPS) is 25.6. The second-order valence-corrected chi connectivity index (χ2v) is 8.69. The largest absolute Gasteiger partial charge is 0.395 e. The van der Waals surface area contributed by atoms with E-state index in [-0.39, 0.29) is 22.8 Å². The Hall–Kier alpha value is -0.180. The molecule has 20 heavy (non-hydrogen) atoms. The Bertz CT molecular complexity index is 537. The van der Waals surface area contributed by atoms with Crippen LogP contribution in [0.4, 0.5) is 0 Å². The summed E-state index contributed by atoms with van der Waals surface area (Å²) in [7, 11) is -3.65. The molecule has 114 valence electrons. The number of rotatable bonds is 5. The van der Waals surface area contributed by atoms with E-state index >= 15 is 0 Å². The van der Waals surface area contributed by atoms with Crippen LogP contribution in [0.2, 0.25) is 4.34 Å². The molecule has 0 amide bonds. The van der Waals surface area contributed by atoms with Crippen molar-refractivity contribution in [2.75, 3.05) is 6.61 Å². The van der Waals surface area contributed by atoms with Gasteiger partial charge in [0.25, 0.3) is 0 Å². The van der Waals surface area contributed by atoms with Crippen molar-refractivity contribution < 1.29 is 18.6 Å². The molecule has 1 aliphatic rings. The van der Waals surface area contributed by atoms with Crippen molar-refractivity contribution in [2.24, 2.45) is 5.92 Å². The first-order valence-corrected chi connectivity index (χ1v) is 9.16. The highest BCUT2D eigenvalue weighted by Gasteiger charge is 2.30. The number of aliphatic hydroxyl groups excluding tert-OH is 2. The van der Waals surface area contributed by atoms with E-state index in [0.717, 1.165) is 11.3 Å². The minimum atomic E-state index is -3.65. The van der Waals surface area contributed by atoms with Gasteiger partial charge in [-0.2, -0.15) is 0 Å². The van der Waals surface area contributed by atoms with Crippen LogP contribution in [-0.4, -0.2) is 37.4 Å². The maximum Gasteiger partial charge on any atom is 0.250 e. The van der Waals surface area contributed by atoms with Gasteiger partial charge in [-0.3, -0.25) is 0 Å². The number of hydrogen-bond donors (Lipinski definition) is 3. The fraction of sp³-hybridized carbons (Fsp3) is 0.667. The van der Waals surface area contributed by atoms with E-state index in [4.69, 9.17) is 11.6 Å². The zero-order valence-corrected chi connectivity index (χ0v) is 13.2. The van der Waals surface area contributed by atoms with Crippen LogP contribution in [0.15, 0.2) is 16.3 Å². The second kappa shape index (κ2) is 6.72. The number of hydrogen-bond acceptors (Lipinski definition) is 5. The topological polar surface area (TPSA) is 86.6 Å². The van der Waals surface area contributed by atoms with E-state index in [1.54, 1.807) is 0 Å². The Balaban J connectivity index is 2.06. The van der Waals surface area contributed by atoms with Gasteiger partial charge in [-0.25, -0.2) is 13.1 Å². The fourth-order valence-corrected chi connectivity index (χ4v) is 5.28. The molecule has 0 aromatic carbocycles. The van der Waals surface area contributed by atoms with Crippen molar-refractivity contribution in [3.8, 4) is 0 Å². The van der Waals surface area contributed by atoms with Crippen LogP contribution in [0.5, 0.6) is 0 Å².